The van der Waals surface area contributed by atoms with Crippen molar-refractivity contribution < 1.29 is 14.7 Å². The summed E-state index contributed by atoms with van der Waals surface area (Å²) in [5.74, 6) is 0.567. The van der Waals surface area contributed by atoms with Crippen LogP contribution in [0.25, 0.3) is 0 Å². The van der Waals surface area contributed by atoms with Crippen molar-refractivity contribution in [3.8, 4) is 0 Å². The van der Waals surface area contributed by atoms with Crippen LogP contribution in [0.2, 0.25) is 0 Å². The molecule has 2 unspecified atom stereocenters. The standard InChI is InChI=1S/C25H30N2O3/c28-17-24(29)20-9-6-18(7-10-20)8-11-25(30)27-14-12-21(13-15-27)26-23-16-22(23)19-4-2-1-3-5-19/h1-7,9-10,21-23,26,28H,8,11-17H2. The highest BCUT2D eigenvalue weighted by Gasteiger charge is 2.39. The van der Waals surface area contributed by atoms with Crippen molar-refractivity contribution in [3.05, 3.63) is 71.3 Å². The van der Waals surface area contributed by atoms with Crippen molar-refractivity contribution in [2.45, 2.75) is 50.1 Å². The number of aliphatic hydroxyl groups excluding tert-OH is 1. The second kappa shape index (κ2) is 9.54. The largest absolute Gasteiger partial charge is 0.388 e. The number of aryl methyl sites for hydroxylation is 1. The van der Waals surface area contributed by atoms with Gasteiger partial charge in [0.1, 0.15) is 6.61 Å². The number of hydrogen-bond acceptors (Lipinski definition) is 4. The molecular weight excluding hydrogens is 376 g/mol. The third-order valence-electron chi connectivity index (χ3n) is 6.36. The van der Waals surface area contributed by atoms with E-state index in [1.165, 1.54) is 12.0 Å². The number of hydrogen-bond donors (Lipinski definition) is 2. The van der Waals surface area contributed by atoms with Crippen molar-refractivity contribution in [2.24, 2.45) is 0 Å². The Labute approximate surface area is 178 Å². The number of nitrogens with one attached hydrogen (secondary N) is 1. The first-order valence-corrected chi connectivity index (χ1v) is 11.0. The maximum absolute atomic E-state index is 12.6. The van der Waals surface area contributed by atoms with Crippen molar-refractivity contribution in [1.82, 2.24) is 10.2 Å². The normalized spacial score (nSPS) is 21.4. The van der Waals surface area contributed by atoms with Crippen LogP contribution in [-0.4, -0.2) is 53.5 Å². The van der Waals surface area contributed by atoms with E-state index in [2.05, 4.69) is 35.6 Å². The molecule has 2 aromatic rings. The Kier molecular flexibility index (Phi) is 6.60. The van der Waals surface area contributed by atoms with E-state index >= 15 is 0 Å². The monoisotopic (exact) mass is 406 g/mol. The van der Waals surface area contributed by atoms with Crippen LogP contribution in [0.4, 0.5) is 0 Å². The van der Waals surface area contributed by atoms with E-state index in [0.29, 0.717) is 36.4 Å². The molecule has 158 valence electrons. The van der Waals surface area contributed by atoms with Gasteiger partial charge in [0.2, 0.25) is 5.91 Å². The molecule has 0 bridgehead atoms. The van der Waals surface area contributed by atoms with Gasteiger partial charge < -0.3 is 15.3 Å². The predicted molar refractivity (Wildman–Crippen MR) is 117 cm³/mol. The number of benzene rings is 2. The molecule has 5 heteroatoms. The highest BCUT2D eigenvalue weighted by Crippen LogP contribution is 2.41. The summed E-state index contributed by atoms with van der Waals surface area (Å²) in [4.78, 5) is 26.0. The van der Waals surface area contributed by atoms with Gasteiger partial charge in [-0.05, 0) is 36.8 Å². The lowest BCUT2D eigenvalue weighted by Gasteiger charge is -2.33. The molecule has 0 spiro atoms. The summed E-state index contributed by atoms with van der Waals surface area (Å²) < 4.78 is 0. The van der Waals surface area contributed by atoms with Crippen LogP contribution in [-0.2, 0) is 11.2 Å². The summed E-state index contributed by atoms with van der Waals surface area (Å²) in [6.07, 6.45) is 4.41. The molecule has 0 aromatic heterocycles. The molecule has 1 amide bonds. The van der Waals surface area contributed by atoms with Gasteiger partial charge >= 0.3 is 0 Å². The Balaban J connectivity index is 1.17. The van der Waals surface area contributed by atoms with E-state index in [1.807, 2.05) is 17.0 Å². The maximum atomic E-state index is 12.6. The van der Waals surface area contributed by atoms with E-state index < -0.39 is 6.61 Å². The summed E-state index contributed by atoms with van der Waals surface area (Å²) in [6.45, 7) is 1.17. The van der Waals surface area contributed by atoms with Crippen LogP contribution in [0.15, 0.2) is 54.6 Å². The number of piperidine rings is 1. The second-order valence-corrected chi connectivity index (χ2v) is 8.46. The number of Topliss-reactive ketones (excluding diaryl/α,β-unsaturated/α-hetero) is 1. The molecule has 1 aliphatic heterocycles. The fourth-order valence-electron chi connectivity index (χ4n) is 4.40. The third-order valence-corrected chi connectivity index (χ3v) is 6.36. The average Bonchev–Trinajstić information content (AvgIpc) is 3.57. The molecule has 1 heterocycles. The summed E-state index contributed by atoms with van der Waals surface area (Å²) in [6, 6.07) is 19.0. The minimum Gasteiger partial charge on any atom is -0.388 e. The molecule has 1 saturated carbocycles. The van der Waals surface area contributed by atoms with Crippen LogP contribution >= 0.6 is 0 Å². The Morgan fingerprint density at radius 2 is 1.70 bits per heavy atom. The number of carbonyl (C=O) groups is 2. The molecular formula is C25H30N2O3. The lowest BCUT2D eigenvalue weighted by atomic mass is 10.0. The minimum atomic E-state index is -0.476. The average molecular weight is 407 g/mol. The fourth-order valence-corrected chi connectivity index (χ4v) is 4.40. The van der Waals surface area contributed by atoms with E-state index in [4.69, 9.17) is 5.11 Å². The molecule has 1 saturated heterocycles. The predicted octanol–water partition coefficient (Wildman–Crippen LogP) is 2.93. The number of rotatable bonds is 8. The molecule has 2 aromatic carbocycles. The molecule has 5 nitrogen and oxygen atoms in total. The highest BCUT2D eigenvalue weighted by atomic mass is 16.3. The fraction of sp³-hybridized carbons (Fsp3) is 0.440. The third kappa shape index (κ3) is 5.15. The molecule has 2 N–H and O–H groups in total. The van der Waals surface area contributed by atoms with E-state index in [1.54, 1.807) is 12.1 Å². The molecule has 0 radical (unpaired) electrons. The van der Waals surface area contributed by atoms with Crippen molar-refractivity contribution >= 4 is 11.7 Å². The Morgan fingerprint density at radius 3 is 2.37 bits per heavy atom. The smallest absolute Gasteiger partial charge is 0.222 e. The van der Waals surface area contributed by atoms with Crippen molar-refractivity contribution in [1.29, 1.82) is 0 Å². The SMILES string of the molecule is O=C(CO)c1ccc(CCC(=O)N2CCC(NC3CC3c3ccccc3)CC2)cc1. The lowest BCUT2D eigenvalue weighted by Crippen LogP contribution is -2.45. The summed E-state index contributed by atoms with van der Waals surface area (Å²) in [5, 5.41) is 12.7. The molecule has 2 atom stereocenters. The Hall–Kier alpha value is -2.50. The number of likely N-dealkylation sites (tertiary alicyclic amines) is 1. The molecule has 2 fully saturated rings. The topological polar surface area (TPSA) is 69.6 Å². The van der Waals surface area contributed by atoms with Gasteiger partial charge in [-0.3, -0.25) is 9.59 Å². The van der Waals surface area contributed by atoms with Gasteiger partial charge in [0.15, 0.2) is 5.78 Å². The van der Waals surface area contributed by atoms with Crippen molar-refractivity contribution in [3.63, 3.8) is 0 Å². The number of ketones is 1. The quantitative estimate of drug-likeness (QED) is 0.662. The van der Waals surface area contributed by atoms with Crippen LogP contribution in [0, 0.1) is 0 Å². The van der Waals surface area contributed by atoms with Crippen LogP contribution < -0.4 is 5.32 Å². The van der Waals surface area contributed by atoms with E-state index in [0.717, 1.165) is 31.5 Å². The van der Waals surface area contributed by atoms with Crippen LogP contribution in [0.1, 0.15) is 53.1 Å². The number of carbonyl (C=O) groups excluding carboxylic acids is 2. The molecule has 1 aliphatic carbocycles. The first-order valence-electron chi connectivity index (χ1n) is 11.0. The zero-order valence-electron chi connectivity index (χ0n) is 17.3. The Morgan fingerprint density at radius 1 is 1.00 bits per heavy atom. The van der Waals surface area contributed by atoms with Crippen LogP contribution in [0.5, 0.6) is 0 Å². The molecule has 4 rings (SSSR count). The Bertz CT molecular complexity index is 858. The zero-order chi connectivity index (χ0) is 20.9. The summed E-state index contributed by atoms with van der Waals surface area (Å²) >= 11 is 0. The maximum Gasteiger partial charge on any atom is 0.222 e. The number of aliphatic hydroxyl groups is 1. The van der Waals surface area contributed by atoms with Crippen LogP contribution in [0.3, 0.4) is 0 Å². The number of nitrogens with zero attached hydrogens (tertiary/aromatic N) is 1. The zero-order valence-corrected chi connectivity index (χ0v) is 17.3. The van der Waals surface area contributed by atoms with E-state index in [9.17, 15) is 9.59 Å². The van der Waals surface area contributed by atoms with Gasteiger partial charge in [-0.15, -0.1) is 0 Å². The second-order valence-electron chi connectivity index (χ2n) is 8.46. The first kappa shape index (κ1) is 20.8. The van der Waals surface area contributed by atoms with Gasteiger partial charge in [0, 0.05) is 43.1 Å². The van der Waals surface area contributed by atoms with Gasteiger partial charge in [0.25, 0.3) is 0 Å². The van der Waals surface area contributed by atoms with Gasteiger partial charge in [0.05, 0.1) is 0 Å². The van der Waals surface area contributed by atoms with Gasteiger partial charge in [-0.25, -0.2) is 0 Å². The lowest BCUT2D eigenvalue weighted by molar-refractivity contribution is -0.132. The summed E-state index contributed by atoms with van der Waals surface area (Å²) in [7, 11) is 0. The molecule has 2 aliphatic rings. The van der Waals surface area contributed by atoms with E-state index in [-0.39, 0.29) is 11.7 Å². The number of amides is 1. The minimum absolute atomic E-state index is 0.206. The van der Waals surface area contributed by atoms with Gasteiger partial charge in [-0.1, -0.05) is 54.6 Å². The molecule has 30 heavy (non-hydrogen) atoms. The van der Waals surface area contributed by atoms with Gasteiger partial charge in [-0.2, -0.15) is 0 Å². The highest BCUT2D eigenvalue weighted by molar-refractivity contribution is 5.96. The first-order chi connectivity index (χ1) is 14.6. The summed E-state index contributed by atoms with van der Waals surface area (Å²) in [5.41, 5.74) is 2.97. The van der Waals surface area contributed by atoms with Crippen molar-refractivity contribution in [2.75, 3.05) is 19.7 Å².